The molecule has 1 aromatic carbocycles. The number of rotatable bonds is 8. The number of aldehydes is 1. The van der Waals surface area contributed by atoms with Crippen molar-refractivity contribution in [2.75, 3.05) is 26.2 Å². The molecule has 0 spiro atoms. The van der Waals surface area contributed by atoms with Crippen LogP contribution in [-0.2, 0) is 10.2 Å². The zero-order valence-electron chi connectivity index (χ0n) is 11.3. The molecule has 1 rings (SSSR count). The molecule has 1 unspecified atom stereocenters. The summed E-state index contributed by atoms with van der Waals surface area (Å²) in [4.78, 5) is 13.7. The number of aliphatic hydroxyl groups excluding tert-OH is 1. The first-order chi connectivity index (χ1) is 8.66. The summed E-state index contributed by atoms with van der Waals surface area (Å²) in [7, 11) is 0. The second-order valence-corrected chi connectivity index (χ2v) is 4.85. The first-order valence-corrected chi connectivity index (χ1v) is 6.51. The van der Waals surface area contributed by atoms with Crippen LogP contribution in [0.1, 0.15) is 25.8 Å². The molecular weight excluding hydrogens is 226 g/mol. The summed E-state index contributed by atoms with van der Waals surface area (Å²) in [5.74, 6) is 0. The molecule has 100 valence electrons. The van der Waals surface area contributed by atoms with Gasteiger partial charge in [-0.3, -0.25) is 0 Å². The molecule has 3 nitrogen and oxygen atoms in total. The van der Waals surface area contributed by atoms with Gasteiger partial charge in [0.15, 0.2) is 0 Å². The van der Waals surface area contributed by atoms with Crippen molar-refractivity contribution in [2.24, 2.45) is 0 Å². The fraction of sp³-hybridized carbons (Fsp3) is 0.533. The quantitative estimate of drug-likeness (QED) is 0.715. The highest BCUT2D eigenvalue weighted by Gasteiger charge is 2.28. The zero-order chi connectivity index (χ0) is 13.4. The van der Waals surface area contributed by atoms with Gasteiger partial charge in [-0.25, -0.2) is 0 Å². The van der Waals surface area contributed by atoms with Crippen LogP contribution in [0.3, 0.4) is 0 Å². The van der Waals surface area contributed by atoms with Crippen molar-refractivity contribution in [2.45, 2.75) is 25.7 Å². The lowest BCUT2D eigenvalue weighted by Crippen LogP contribution is -2.40. The Labute approximate surface area is 109 Å². The smallest absolute Gasteiger partial charge is 0.131 e. The van der Waals surface area contributed by atoms with Gasteiger partial charge >= 0.3 is 0 Å². The number of benzene rings is 1. The summed E-state index contributed by atoms with van der Waals surface area (Å²) in [6.07, 6.45) is 1.78. The molecule has 0 aliphatic heterocycles. The molecule has 1 N–H and O–H groups in total. The molecule has 0 aliphatic carbocycles. The normalized spacial score (nSPS) is 14.4. The lowest BCUT2D eigenvalue weighted by Gasteiger charge is -2.31. The monoisotopic (exact) mass is 249 g/mol. The van der Waals surface area contributed by atoms with E-state index < -0.39 is 5.41 Å². The molecular formula is C15H23NO2. The van der Waals surface area contributed by atoms with Gasteiger partial charge in [-0.05, 0) is 25.5 Å². The van der Waals surface area contributed by atoms with Gasteiger partial charge < -0.3 is 14.8 Å². The van der Waals surface area contributed by atoms with E-state index in [4.69, 9.17) is 5.11 Å². The SMILES string of the molecule is CCN(CCCO)CC(C)(C=O)c1ccccc1. The Morgan fingerprint density at radius 1 is 1.33 bits per heavy atom. The first-order valence-electron chi connectivity index (χ1n) is 6.51. The number of carbonyl (C=O) groups is 1. The second kappa shape index (κ2) is 7.29. The molecule has 0 amide bonds. The standard InChI is InChI=1S/C15H23NO2/c1-3-16(10-7-11-17)12-15(2,13-18)14-8-5-4-6-9-14/h4-6,8-9,13,17H,3,7,10-12H2,1-2H3. The predicted molar refractivity (Wildman–Crippen MR) is 73.7 cm³/mol. The number of hydrogen-bond acceptors (Lipinski definition) is 3. The third-order valence-corrected chi connectivity index (χ3v) is 3.33. The number of carbonyl (C=O) groups excluding carboxylic acids is 1. The van der Waals surface area contributed by atoms with Gasteiger partial charge in [0.25, 0.3) is 0 Å². The molecule has 1 atom stereocenters. The van der Waals surface area contributed by atoms with Crippen LogP contribution in [0, 0.1) is 0 Å². The van der Waals surface area contributed by atoms with Gasteiger partial charge in [-0.1, -0.05) is 37.3 Å². The summed E-state index contributed by atoms with van der Waals surface area (Å²) in [5.41, 5.74) is 0.564. The third kappa shape index (κ3) is 3.93. The van der Waals surface area contributed by atoms with Crippen LogP contribution in [0.4, 0.5) is 0 Å². The van der Waals surface area contributed by atoms with E-state index in [-0.39, 0.29) is 6.61 Å². The fourth-order valence-corrected chi connectivity index (χ4v) is 2.12. The van der Waals surface area contributed by atoms with Crippen molar-refractivity contribution in [3.8, 4) is 0 Å². The van der Waals surface area contributed by atoms with E-state index in [0.717, 1.165) is 31.4 Å². The highest BCUT2D eigenvalue weighted by Crippen LogP contribution is 2.22. The molecule has 0 heterocycles. The van der Waals surface area contributed by atoms with Crippen LogP contribution in [-0.4, -0.2) is 42.5 Å². The average Bonchev–Trinajstić information content (AvgIpc) is 2.44. The van der Waals surface area contributed by atoms with Gasteiger partial charge in [0.05, 0.1) is 5.41 Å². The molecule has 0 fully saturated rings. The van der Waals surface area contributed by atoms with Gasteiger partial charge in [-0.2, -0.15) is 0 Å². The maximum absolute atomic E-state index is 11.5. The number of nitrogens with zero attached hydrogens (tertiary/aromatic N) is 1. The molecule has 0 aromatic heterocycles. The van der Waals surface area contributed by atoms with E-state index in [9.17, 15) is 4.79 Å². The van der Waals surface area contributed by atoms with E-state index in [1.54, 1.807) is 0 Å². The van der Waals surface area contributed by atoms with Crippen LogP contribution in [0.15, 0.2) is 30.3 Å². The Bertz CT molecular complexity index is 353. The highest BCUT2D eigenvalue weighted by molar-refractivity contribution is 5.68. The highest BCUT2D eigenvalue weighted by atomic mass is 16.3. The molecule has 0 saturated carbocycles. The zero-order valence-corrected chi connectivity index (χ0v) is 11.3. The number of likely N-dealkylation sites (N-methyl/N-ethyl adjacent to an activating group) is 1. The second-order valence-electron chi connectivity index (χ2n) is 4.85. The maximum atomic E-state index is 11.5. The van der Waals surface area contributed by atoms with Gasteiger partial charge in [0, 0.05) is 19.7 Å². The molecule has 0 bridgehead atoms. The Hall–Kier alpha value is -1.19. The molecule has 1 aromatic rings. The van der Waals surface area contributed by atoms with Crippen LogP contribution in [0.5, 0.6) is 0 Å². The van der Waals surface area contributed by atoms with Gasteiger partial charge in [0.2, 0.25) is 0 Å². The largest absolute Gasteiger partial charge is 0.396 e. The molecule has 3 heteroatoms. The minimum absolute atomic E-state index is 0.194. The lowest BCUT2D eigenvalue weighted by molar-refractivity contribution is -0.112. The Morgan fingerprint density at radius 2 is 2.00 bits per heavy atom. The summed E-state index contributed by atoms with van der Waals surface area (Å²) < 4.78 is 0. The van der Waals surface area contributed by atoms with Crippen LogP contribution >= 0.6 is 0 Å². The predicted octanol–water partition coefficient (Wildman–Crippen LogP) is 1.85. The molecule has 18 heavy (non-hydrogen) atoms. The summed E-state index contributed by atoms with van der Waals surface area (Å²) >= 11 is 0. The molecule has 0 saturated heterocycles. The third-order valence-electron chi connectivity index (χ3n) is 3.33. The van der Waals surface area contributed by atoms with Crippen LogP contribution in [0.2, 0.25) is 0 Å². The summed E-state index contributed by atoms with van der Waals surface area (Å²) in [6, 6.07) is 9.86. The van der Waals surface area contributed by atoms with Crippen molar-refractivity contribution in [3.63, 3.8) is 0 Å². The summed E-state index contributed by atoms with van der Waals surface area (Å²) in [6.45, 7) is 6.64. The van der Waals surface area contributed by atoms with E-state index in [0.29, 0.717) is 6.54 Å². The van der Waals surface area contributed by atoms with Gasteiger partial charge in [-0.15, -0.1) is 0 Å². The van der Waals surface area contributed by atoms with E-state index in [2.05, 4.69) is 11.8 Å². The number of aliphatic hydroxyl groups is 1. The Kier molecular flexibility index (Phi) is 6.02. The summed E-state index contributed by atoms with van der Waals surface area (Å²) in [5, 5.41) is 8.89. The van der Waals surface area contributed by atoms with Crippen LogP contribution in [0.25, 0.3) is 0 Å². The van der Waals surface area contributed by atoms with Crippen molar-refractivity contribution in [1.29, 1.82) is 0 Å². The van der Waals surface area contributed by atoms with Crippen molar-refractivity contribution in [3.05, 3.63) is 35.9 Å². The minimum atomic E-state index is -0.479. The maximum Gasteiger partial charge on any atom is 0.131 e. The van der Waals surface area contributed by atoms with E-state index in [1.807, 2.05) is 37.3 Å². The van der Waals surface area contributed by atoms with Crippen LogP contribution < -0.4 is 0 Å². The lowest BCUT2D eigenvalue weighted by atomic mass is 9.83. The van der Waals surface area contributed by atoms with E-state index in [1.165, 1.54) is 0 Å². The Balaban J connectivity index is 2.78. The van der Waals surface area contributed by atoms with Crippen molar-refractivity contribution < 1.29 is 9.90 Å². The topological polar surface area (TPSA) is 40.5 Å². The molecule has 0 radical (unpaired) electrons. The van der Waals surface area contributed by atoms with E-state index >= 15 is 0 Å². The minimum Gasteiger partial charge on any atom is -0.396 e. The fourth-order valence-electron chi connectivity index (χ4n) is 2.12. The van der Waals surface area contributed by atoms with Crippen molar-refractivity contribution >= 4 is 6.29 Å². The van der Waals surface area contributed by atoms with Gasteiger partial charge in [0.1, 0.15) is 6.29 Å². The molecule has 0 aliphatic rings. The Morgan fingerprint density at radius 3 is 2.50 bits per heavy atom. The van der Waals surface area contributed by atoms with Crippen molar-refractivity contribution in [1.82, 2.24) is 4.90 Å². The first kappa shape index (κ1) is 14.9. The average molecular weight is 249 g/mol. The number of hydrogen-bond donors (Lipinski definition) is 1.